The highest BCUT2D eigenvalue weighted by molar-refractivity contribution is 5.85. The summed E-state index contributed by atoms with van der Waals surface area (Å²) >= 11 is 0. The number of ether oxygens (including phenoxy) is 2. The van der Waals surface area contributed by atoms with E-state index in [2.05, 4.69) is 25.8 Å². The number of hydrogen-bond acceptors (Lipinski definition) is 9. The largest absolute Gasteiger partial charge is 0.480 e. The smallest absolute Gasteiger partial charge is 0.408 e. The van der Waals surface area contributed by atoms with Gasteiger partial charge in [-0.1, -0.05) is 0 Å². The summed E-state index contributed by atoms with van der Waals surface area (Å²) in [5.41, 5.74) is 1.27. The second-order valence-corrected chi connectivity index (χ2v) is 7.59. The van der Waals surface area contributed by atoms with Gasteiger partial charge in [-0.2, -0.15) is 0 Å². The number of likely N-dealkylation sites (N-methyl/N-ethyl adjacent to an activating group) is 1. The first kappa shape index (κ1) is 37.0. The second-order valence-electron chi connectivity index (χ2n) is 7.59. The molecule has 32 heavy (non-hydrogen) atoms. The van der Waals surface area contributed by atoms with Crippen LogP contribution in [-0.2, 0) is 28.7 Å². The van der Waals surface area contributed by atoms with Crippen molar-refractivity contribution in [2.24, 2.45) is 0 Å². The predicted molar refractivity (Wildman–Crippen MR) is 119 cm³/mol. The van der Waals surface area contributed by atoms with E-state index in [1.54, 1.807) is 55.7 Å². The standard InChI is InChI=1S/C9H18N2O4.C7H13NO4.C2H7NO.ClH/c1-9(2,3)15-8(13)10-6-7(12)11(4)14-5;1-7(2,3)12-6(11)8-4-5(9)10;1-3-4-2;/h6H2,1-5H3,(H,10,13);4H2,1-3H3,(H,8,11)(H,9,10);3H,1-2H3;1H. The van der Waals surface area contributed by atoms with Gasteiger partial charge in [0.1, 0.15) is 24.3 Å². The zero-order chi connectivity index (χ0) is 25.3. The Morgan fingerprint density at radius 1 is 0.844 bits per heavy atom. The monoisotopic (exact) mass is 490 g/mol. The fourth-order valence-corrected chi connectivity index (χ4v) is 1.14. The number of nitrogens with zero attached hydrogens (tertiary/aromatic N) is 1. The number of hydrogen-bond donors (Lipinski definition) is 4. The average molecular weight is 491 g/mol. The molecule has 0 aromatic rings. The normalized spacial score (nSPS) is 9.94. The Bertz CT molecular complexity index is 548. The van der Waals surface area contributed by atoms with Gasteiger partial charge in [0, 0.05) is 14.1 Å². The molecule has 0 rings (SSSR count). The molecule has 0 radical (unpaired) electrons. The lowest BCUT2D eigenvalue weighted by Gasteiger charge is -2.20. The van der Waals surface area contributed by atoms with E-state index in [0.717, 1.165) is 5.06 Å². The third-order valence-electron chi connectivity index (χ3n) is 2.39. The number of aliphatic carboxylic acids is 1. The highest BCUT2D eigenvalue weighted by atomic mass is 35.5. The minimum absolute atomic E-state index is 0. The molecule has 0 fully saturated rings. The molecule has 4 N–H and O–H groups in total. The molecule has 0 aliphatic heterocycles. The van der Waals surface area contributed by atoms with Gasteiger partial charge in [-0.25, -0.2) is 20.1 Å². The minimum atomic E-state index is -1.10. The van der Waals surface area contributed by atoms with Crippen LogP contribution in [0.15, 0.2) is 0 Å². The number of carbonyl (C=O) groups excluding carboxylic acids is 3. The summed E-state index contributed by atoms with van der Waals surface area (Å²) in [6.07, 6.45) is -1.34. The number of halogens is 1. The van der Waals surface area contributed by atoms with E-state index in [1.807, 2.05) is 0 Å². The predicted octanol–water partition coefficient (Wildman–Crippen LogP) is 1.32. The quantitative estimate of drug-likeness (QED) is 0.399. The van der Waals surface area contributed by atoms with Crippen molar-refractivity contribution in [1.29, 1.82) is 0 Å². The van der Waals surface area contributed by atoms with Crippen molar-refractivity contribution in [1.82, 2.24) is 21.2 Å². The summed E-state index contributed by atoms with van der Waals surface area (Å²) in [6.45, 7) is 9.77. The summed E-state index contributed by atoms with van der Waals surface area (Å²) in [4.78, 5) is 52.0. The maximum absolute atomic E-state index is 11.2. The summed E-state index contributed by atoms with van der Waals surface area (Å²) in [6, 6.07) is 0. The average Bonchev–Trinajstić information content (AvgIpc) is 2.61. The molecule has 13 nitrogen and oxygen atoms in total. The molecule has 0 bridgehead atoms. The Morgan fingerprint density at radius 2 is 1.19 bits per heavy atom. The Morgan fingerprint density at radius 3 is 1.44 bits per heavy atom. The molecule has 192 valence electrons. The van der Waals surface area contributed by atoms with Gasteiger partial charge in [-0.15, -0.1) is 12.4 Å². The molecule has 14 heteroatoms. The molecule has 0 saturated carbocycles. The first-order valence-corrected chi connectivity index (χ1v) is 9.14. The van der Waals surface area contributed by atoms with Crippen molar-refractivity contribution in [3.8, 4) is 0 Å². The van der Waals surface area contributed by atoms with E-state index in [1.165, 1.54) is 14.2 Å². The van der Waals surface area contributed by atoms with Crippen LogP contribution in [-0.4, -0.2) is 86.8 Å². The van der Waals surface area contributed by atoms with E-state index in [-0.39, 0.29) is 24.9 Å². The van der Waals surface area contributed by atoms with Crippen LogP contribution in [0.3, 0.4) is 0 Å². The fourth-order valence-electron chi connectivity index (χ4n) is 1.14. The lowest BCUT2D eigenvalue weighted by molar-refractivity contribution is -0.167. The number of carbonyl (C=O) groups is 4. The van der Waals surface area contributed by atoms with Gasteiger partial charge in [0.25, 0.3) is 5.91 Å². The highest BCUT2D eigenvalue weighted by Gasteiger charge is 2.17. The van der Waals surface area contributed by atoms with Crippen molar-refractivity contribution in [3.05, 3.63) is 0 Å². The van der Waals surface area contributed by atoms with Crippen molar-refractivity contribution >= 4 is 36.5 Å². The molecule has 0 aliphatic rings. The number of rotatable bonds is 6. The number of carboxylic acids is 1. The molecule has 0 spiro atoms. The SMILES string of the molecule is CC(C)(C)OC(=O)NCC(=O)O.CNOC.CON(C)C(=O)CNC(=O)OC(C)(C)C.Cl. The Balaban J connectivity index is -0.000000207. The molecule has 0 aromatic carbocycles. The molecular formula is C18H39ClN4O9. The molecule has 0 unspecified atom stereocenters. The Labute approximate surface area is 195 Å². The molecule has 0 heterocycles. The molecular weight excluding hydrogens is 452 g/mol. The van der Waals surface area contributed by atoms with Crippen molar-refractivity contribution in [2.45, 2.75) is 52.7 Å². The van der Waals surface area contributed by atoms with Crippen LogP contribution in [0.2, 0.25) is 0 Å². The lowest BCUT2D eigenvalue weighted by atomic mass is 10.2. The molecule has 0 aliphatic carbocycles. The van der Waals surface area contributed by atoms with Crippen LogP contribution in [0.1, 0.15) is 41.5 Å². The van der Waals surface area contributed by atoms with Crippen LogP contribution < -0.4 is 16.1 Å². The molecule has 0 saturated heterocycles. The number of amides is 3. The van der Waals surface area contributed by atoms with Gasteiger partial charge in [-0.3, -0.25) is 14.4 Å². The van der Waals surface area contributed by atoms with Gasteiger partial charge in [-0.05, 0) is 41.5 Å². The van der Waals surface area contributed by atoms with Crippen molar-refractivity contribution in [3.63, 3.8) is 0 Å². The second kappa shape index (κ2) is 19.3. The van der Waals surface area contributed by atoms with Crippen LogP contribution in [0.25, 0.3) is 0 Å². The summed E-state index contributed by atoms with van der Waals surface area (Å²) in [7, 11) is 6.10. The fraction of sp³-hybridized carbons (Fsp3) is 0.778. The van der Waals surface area contributed by atoms with Crippen LogP contribution in [0.4, 0.5) is 9.59 Å². The van der Waals surface area contributed by atoms with E-state index < -0.39 is 35.9 Å². The Hall–Kier alpha value is -2.35. The first-order chi connectivity index (χ1) is 14.0. The van der Waals surface area contributed by atoms with Gasteiger partial charge in [0.05, 0.1) is 14.2 Å². The highest BCUT2D eigenvalue weighted by Crippen LogP contribution is 2.06. The van der Waals surface area contributed by atoms with Gasteiger partial charge < -0.3 is 30.1 Å². The molecule has 3 amide bonds. The van der Waals surface area contributed by atoms with Crippen LogP contribution in [0.5, 0.6) is 0 Å². The molecule has 0 atom stereocenters. The van der Waals surface area contributed by atoms with E-state index in [0.29, 0.717) is 0 Å². The van der Waals surface area contributed by atoms with E-state index in [4.69, 9.17) is 14.6 Å². The van der Waals surface area contributed by atoms with Crippen molar-refractivity contribution < 1.29 is 43.4 Å². The number of alkyl carbamates (subject to hydrolysis) is 2. The zero-order valence-corrected chi connectivity index (χ0v) is 21.3. The Kier molecular flexibility index (Phi) is 22.4. The van der Waals surface area contributed by atoms with Gasteiger partial charge in [0.15, 0.2) is 0 Å². The lowest BCUT2D eigenvalue weighted by Crippen LogP contribution is -2.40. The third kappa shape index (κ3) is 32.3. The topological polar surface area (TPSA) is 165 Å². The number of hydroxylamine groups is 3. The number of nitrogens with one attached hydrogen (secondary N) is 3. The maximum Gasteiger partial charge on any atom is 0.408 e. The van der Waals surface area contributed by atoms with Crippen LogP contribution in [0, 0.1) is 0 Å². The van der Waals surface area contributed by atoms with Gasteiger partial charge in [0.2, 0.25) is 0 Å². The first-order valence-electron chi connectivity index (χ1n) is 9.14. The maximum atomic E-state index is 11.2. The summed E-state index contributed by atoms with van der Waals surface area (Å²) < 4.78 is 9.71. The van der Waals surface area contributed by atoms with E-state index in [9.17, 15) is 19.2 Å². The third-order valence-corrected chi connectivity index (χ3v) is 2.39. The van der Waals surface area contributed by atoms with Crippen LogP contribution >= 0.6 is 12.4 Å². The summed E-state index contributed by atoms with van der Waals surface area (Å²) in [5.74, 6) is -1.45. The van der Waals surface area contributed by atoms with E-state index >= 15 is 0 Å². The summed E-state index contributed by atoms with van der Waals surface area (Å²) in [5, 5.41) is 13.6. The minimum Gasteiger partial charge on any atom is -0.480 e. The number of carboxylic acid groups (broad SMARTS) is 1. The zero-order valence-electron chi connectivity index (χ0n) is 20.5. The molecule has 0 aromatic heterocycles. The van der Waals surface area contributed by atoms with Gasteiger partial charge >= 0.3 is 18.2 Å². The van der Waals surface area contributed by atoms with Crippen molar-refractivity contribution in [2.75, 3.05) is 41.4 Å².